The maximum absolute atomic E-state index is 9.87. The number of nitrogens with zero attached hydrogens (tertiary/aromatic N) is 2. The van der Waals surface area contributed by atoms with Gasteiger partial charge in [0.1, 0.15) is 24.7 Å². The number of ether oxygens (including phenoxy) is 2. The first-order chi connectivity index (χ1) is 21.7. The lowest BCUT2D eigenvalue weighted by atomic mass is 10.1. The highest BCUT2D eigenvalue weighted by Gasteiger charge is 2.10. The summed E-state index contributed by atoms with van der Waals surface area (Å²) in [7, 11) is 0. The Morgan fingerprint density at radius 1 is 0.500 bits per heavy atom. The monoisotopic (exact) mass is 584 g/mol. The molecule has 0 aliphatic heterocycles. The predicted octanol–water partition coefficient (Wildman–Crippen LogP) is 7.15. The lowest BCUT2D eigenvalue weighted by molar-refractivity contribution is 0.269. The number of aliphatic hydroxyl groups is 2. The number of hydrogen-bond donors (Lipinski definition) is 2. The van der Waals surface area contributed by atoms with Crippen molar-refractivity contribution in [2.75, 3.05) is 13.2 Å². The molecular formula is C38H36N2O4. The van der Waals surface area contributed by atoms with Gasteiger partial charge in [0.2, 0.25) is 0 Å². The van der Waals surface area contributed by atoms with Gasteiger partial charge in [-0.3, -0.25) is 9.98 Å². The zero-order chi connectivity index (χ0) is 30.4. The molecule has 0 fully saturated rings. The molecule has 0 aromatic heterocycles. The number of hydrogen-bond acceptors (Lipinski definition) is 6. The molecule has 0 unspecified atom stereocenters. The summed E-state index contributed by atoms with van der Waals surface area (Å²) in [6.07, 6.45) is 3.52. The van der Waals surface area contributed by atoms with Crippen LogP contribution in [0.15, 0.2) is 143 Å². The smallest absolute Gasteiger partial charge is 0.128 e. The first-order valence-corrected chi connectivity index (χ1v) is 14.6. The molecule has 0 aliphatic rings. The maximum Gasteiger partial charge on any atom is 0.128 e. The van der Waals surface area contributed by atoms with Crippen LogP contribution in [0.5, 0.6) is 11.5 Å². The second-order valence-corrected chi connectivity index (χ2v) is 10.2. The molecule has 5 rings (SSSR count). The molecule has 6 nitrogen and oxygen atoms in total. The van der Waals surface area contributed by atoms with Crippen molar-refractivity contribution < 1.29 is 19.7 Å². The third kappa shape index (κ3) is 8.51. The van der Waals surface area contributed by atoms with Crippen molar-refractivity contribution >= 4 is 12.4 Å². The van der Waals surface area contributed by atoms with Crippen molar-refractivity contribution in [1.82, 2.24) is 0 Å². The van der Waals surface area contributed by atoms with Gasteiger partial charge < -0.3 is 19.7 Å². The van der Waals surface area contributed by atoms with E-state index in [0.29, 0.717) is 24.7 Å². The summed E-state index contributed by atoms with van der Waals surface area (Å²) in [5.74, 6) is 1.43. The van der Waals surface area contributed by atoms with Gasteiger partial charge in [0.05, 0.1) is 25.3 Å². The molecule has 0 spiro atoms. The average Bonchev–Trinajstić information content (AvgIpc) is 3.09. The van der Waals surface area contributed by atoms with E-state index in [1.807, 2.05) is 127 Å². The molecule has 5 aromatic carbocycles. The molecular weight excluding hydrogens is 548 g/mol. The molecule has 2 N–H and O–H groups in total. The van der Waals surface area contributed by atoms with E-state index in [-0.39, 0.29) is 25.3 Å². The van der Waals surface area contributed by atoms with E-state index < -0.39 is 0 Å². The zero-order valence-electron chi connectivity index (χ0n) is 24.4. The van der Waals surface area contributed by atoms with Crippen molar-refractivity contribution in [3.8, 4) is 11.5 Å². The highest BCUT2D eigenvalue weighted by atomic mass is 16.5. The van der Waals surface area contributed by atoms with Crippen LogP contribution in [0.1, 0.15) is 45.5 Å². The van der Waals surface area contributed by atoms with Gasteiger partial charge in [-0.05, 0) is 52.6 Å². The van der Waals surface area contributed by atoms with E-state index in [1.165, 1.54) is 0 Å². The number of para-hydroxylation sites is 2. The Bertz CT molecular complexity index is 1530. The Balaban J connectivity index is 1.21. The van der Waals surface area contributed by atoms with Crippen LogP contribution in [-0.2, 0) is 13.2 Å². The summed E-state index contributed by atoms with van der Waals surface area (Å²) in [5.41, 5.74) is 5.63. The number of rotatable bonds is 14. The Hall–Kier alpha value is -5.04. The number of benzene rings is 5. The first-order valence-electron chi connectivity index (χ1n) is 14.6. The molecule has 44 heavy (non-hydrogen) atoms. The van der Waals surface area contributed by atoms with E-state index in [2.05, 4.69) is 16.1 Å². The van der Waals surface area contributed by atoms with Gasteiger partial charge in [-0.25, -0.2) is 0 Å². The van der Waals surface area contributed by atoms with Crippen molar-refractivity contribution in [3.05, 3.63) is 167 Å². The third-order valence-corrected chi connectivity index (χ3v) is 7.12. The average molecular weight is 585 g/mol. The molecule has 0 heterocycles. The van der Waals surface area contributed by atoms with Gasteiger partial charge in [-0.15, -0.1) is 0 Å². The fourth-order valence-corrected chi connectivity index (χ4v) is 4.74. The lowest BCUT2D eigenvalue weighted by Gasteiger charge is -2.13. The summed E-state index contributed by atoms with van der Waals surface area (Å²) in [6.45, 7) is 0.608. The van der Waals surface area contributed by atoms with E-state index >= 15 is 0 Å². The minimum atomic E-state index is -0.336. The molecule has 0 radical (unpaired) electrons. The van der Waals surface area contributed by atoms with Crippen molar-refractivity contribution in [2.45, 2.75) is 25.3 Å². The lowest BCUT2D eigenvalue weighted by Crippen LogP contribution is -2.04. The van der Waals surface area contributed by atoms with Crippen molar-refractivity contribution in [1.29, 1.82) is 0 Å². The largest absolute Gasteiger partial charge is 0.488 e. The fraction of sp³-hybridized carbons (Fsp3) is 0.158. The van der Waals surface area contributed by atoms with E-state index in [0.717, 1.165) is 33.4 Å². The second kappa shape index (κ2) is 16.0. The molecule has 6 heteroatoms. The maximum atomic E-state index is 9.87. The van der Waals surface area contributed by atoms with Gasteiger partial charge >= 0.3 is 0 Å². The normalized spacial score (nSPS) is 12.8. The zero-order valence-corrected chi connectivity index (χ0v) is 24.4. The molecule has 0 aliphatic carbocycles. The fourth-order valence-electron chi connectivity index (χ4n) is 4.74. The Labute approximate surface area is 258 Å². The first kappa shape index (κ1) is 30.4. The Morgan fingerprint density at radius 3 is 1.34 bits per heavy atom. The van der Waals surface area contributed by atoms with Crippen LogP contribution in [0.2, 0.25) is 0 Å². The van der Waals surface area contributed by atoms with Crippen molar-refractivity contribution in [3.63, 3.8) is 0 Å². The van der Waals surface area contributed by atoms with Crippen LogP contribution < -0.4 is 9.47 Å². The Morgan fingerprint density at radius 2 is 0.909 bits per heavy atom. The Kier molecular flexibility index (Phi) is 11.0. The predicted molar refractivity (Wildman–Crippen MR) is 176 cm³/mol. The van der Waals surface area contributed by atoms with Crippen LogP contribution in [0.3, 0.4) is 0 Å². The molecule has 0 saturated carbocycles. The summed E-state index contributed by atoms with van der Waals surface area (Å²) in [4.78, 5) is 9.24. The minimum Gasteiger partial charge on any atom is -0.488 e. The van der Waals surface area contributed by atoms with Crippen LogP contribution in [0, 0.1) is 0 Å². The SMILES string of the molecule is OC[C@@H](N=Cc1ccccc1OCc1cccc(COc2ccccc2C=N[C@H](CO)c2ccccc2)c1)c1ccccc1. The van der Waals surface area contributed by atoms with Gasteiger partial charge in [0.15, 0.2) is 0 Å². The summed E-state index contributed by atoms with van der Waals surface area (Å²) in [5, 5.41) is 19.7. The van der Waals surface area contributed by atoms with Crippen LogP contribution in [0.4, 0.5) is 0 Å². The van der Waals surface area contributed by atoms with Crippen molar-refractivity contribution in [2.24, 2.45) is 9.98 Å². The number of aliphatic imine (C=N–C) groups is 2. The van der Waals surface area contributed by atoms with Gasteiger partial charge in [0.25, 0.3) is 0 Å². The molecule has 2 atom stereocenters. The van der Waals surface area contributed by atoms with Crippen LogP contribution in [0.25, 0.3) is 0 Å². The molecule has 0 saturated heterocycles. The summed E-state index contributed by atoms with van der Waals surface area (Å²) < 4.78 is 12.4. The van der Waals surface area contributed by atoms with Gasteiger partial charge in [-0.1, -0.05) is 103 Å². The topological polar surface area (TPSA) is 83.6 Å². The highest BCUT2D eigenvalue weighted by molar-refractivity contribution is 5.84. The van der Waals surface area contributed by atoms with E-state index in [1.54, 1.807) is 12.4 Å². The quantitative estimate of drug-likeness (QED) is 0.136. The number of aliphatic hydroxyl groups excluding tert-OH is 2. The molecule has 222 valence electrons. The molecule has 5 aromatic rings. The van der Waals surface area contributed by atoms with Gasteiger partial charge in [-0.2, -0.15) is 0 Å². The van der Waals surface area contributed by atoms with E-state index in [4.69, 9.17) is 9.47 Å². The standard InChI is InChI=1S/C38H36N2O4/c41-25-35(31-14-3-1-4-15-31)39-23-33-18-7-9-20-37(33)43-27-29-12-11-13-30(22-29)28-44-38-21-10-8-19-34(38)24-40-36(26-42)32-16-5-2-6-17-32/h1-24,35-36,41-42H,25-28H2/t35-,36-/m1/s1. The van der Waals surface area contributed by atoms with Crippen LogP contribution >= 0.6 is 0 Å². The molecule has 0 bridgehead atoms. The summed E-state index contributed by atoms with van der Waals surface area (Å²) >= 11 is 0. The molecule has 0 amide bonds. The summed E-state index contributed by atoms with van der Waals surface area (Å²) in [6, 6.07) is 42.4. The van der Waals surface area contributed by atoms with Gasteiger partial charge in [0, 0.05) is 23.6 Å². The minimum absolute atomic E-state index is 0.0768. The second-order valence-electron chi connectivity index (χ2n) is 10.2. The van der Waals surface area contributed by atoms with Crippen LogP contribution in [-0.4, -0.2) is 35.9 Å². The van der Waals surface area contributed by atoms with E-state index in [9.17, 15) is 10.2 Å². The highest BCUT2D eigenvalue weighted by Crippen LogP contribution is 2.23. The third-order valence-electron chi connectivity index (χ3n) is 7.12.